The van der Waals surface area contributed by atoms with E-state index in [0.717, 1.165) is 26.2 Å². The van der Waals surface area contributed by atoms with E-state index in [1.165, 1.54) is 19.3 Å². The molecule has 1 aromatic rings. The highest BCUT2D eigenvalue weighted by molar-refractivity contribution is 5.87. The van der Waals surface area contributed by atoms with Crippen LogP contribution in [-0.2, 0) is 14.4 Å². The number of phenols is 1. The molecule has 1 fully saturated rings. The summed E-state index contributed by atoms with van der Waals surface area (Å²) >= 11 is 0. The van der Waals surface area contributed by atoms with Crippen LogP contribution < -0.4 is 4.74 Å². The van der Waals surface area contributed by atoms with E-state index in [0.29, 0.717) is 17.9 Å². The molecule has 10 nitrogen and oxygen atoms in total. The maximum atomic E-state index is 11.9. The average Bonchev–Trinajstić information content (AvgIpc) is 2.66. The van der Waals surface area contributed by atoms with Gasteiger partial charge < -0.3 is 14.6 Å². The predicted octanol–water partition coefficient (Wildman–Crippen LogP) is 0.544. The molecule has 0 spiro atoms. The summed E-state index contributed by atoms with van der Waals surface area (Å²) in [5.74, 6) is -0.0868. The Balaban J connectivity index is 1.67. The Morgan fingerprint density at radius 2 is 1.93 bits per heavy atom. The van der Waals surface area contributed by atoms with Gasteiger partial charge in [0.15, 0.2) is 11.5 Å². The summed E-state index contributed by atoms with van der Waals surface area (Å²) in [6.07, 6.45) is 2.92. The third kappa shape index (κ3) is 7.51. The van der Waals surface area contributed by atoms with E-state index in [-0.39, 0.29) is 24.5 Å². The van der Waals surface area contributed by atoms with Gasteiger partial charge in [0.2, 0.25) is 0 Å². The molecule has 0 amide bonds. The number of hydrogen-bond acceptors (Lipinski definition) is 10. The van der Waals surface area contributed by atoms with Crippen LogP contribution in [-0.4, -0.2) is 89.9 Å². The molecule has 0 saturated carbocycles. The van der Waals surface area contributed by atoms with Crippen molar-refractivity contribution >= 4 is 12.0 Å². The first-order chi connectivity index (χ1) is 13.0. The van der Waals surface area contributed by atoms with Gasteiger partial charge >= 0.3 is 5.97 Å². The van der Waals surface area contributed by atoms with Gasteiger partial charge in [0.1, 0.15) is 6.73 Å². The Hall–Kier alpha value is -2.21. The second kappa shape index (κ2) is 10.8. The van der Waals surface area contributed by atoms with E-state index in [9.17, 15) is 9.90 Å². The van der Waals surface area contributed by atoms with Gasteiger partial charge in [0.25, 0.3) is 0 Å². The van der Waals surface area contributed by atoms with Crippen molar-refractivity contribution in [2.24, 2.45) is 0 Å². The summed E-state index contributed by atoms with van der Waals surface area (Å²) < 4.78 is 10.3. The molecule has 0 bridgehead atoms. The number of carbonyl (C=O) groups is 1. The quantitative estimate of drug-likeness (QED) is 0.317. The number of aromatic hydroxyl groups is 1. The van der Waals surface area contributed by atoms with Crippen molar-refractivity contribution in [2.45, 2.75) is 0 Å². The summed E-state index contributed by atoms with van der Waals surface area (Å²) in [4.78, 5) is 20.5. The molecule has 2 rings (SSSR count). The van der Waals surface area contributed by atoms with Gasteiger partial charge in [0.05, 0.1) is 19.1 Å². The SMILES string of the molecule is COc1cc(/C=C/C(=O)OCN2CCN(CCON(O)O)CC2)ccc1O. The lowest BCUT2D eigenvalue weighted by atomic mass is 10.2. The van der Waals surface area contributed by atoms with E-state index < -0.39 is 5.97 Å². The highest BCUT2D eigenvalue weighted by Crippen LogP contribution is 2.26. The summed E-state index contributed by atoms with van der Waals surface area (Å²) in [6, 6.07) is 4.78. The van der Waals surface area contributed by atoms with Crippen LogP contribution in [0.3, 0.4) is 0 Å². The van der Waals surface area contributed by atoms with E-state index in [1.54, 1.807) is 18.2 Å². The van der Waals surface area contributed by atoms with Crippen LogP contribution in [0.2, 0.25) is 0 Å². The number of benzene rings is 1. The smallest absolute Gasteiger partial charge is 0.332 e. The number of esters is 1. The Morgan fingerprint density at radius 1 is 1.22 bits per heavy atom. The summed E-state index contributed by atoms with van der Waals surface area (Å²) in [5, 5.41) is 26.2. The second-order valence-corrected chi connectivity index (χ2v) is 5.90. The zero-order chi connectivity index (χ0) is 19.6. The van der Waals surface area contributed by atoms with Crippen LogP contribution in [0.1, 0.15) is 5.56 Å². The first kappa shape index (κ1) is 21.1. The molecular formula is C17H25N3O7. The van der Waals surface area contributed by atoms with Gasteiger partial charge in [0, 0.05) is 38.8 Å². The predicted molar refractivity (Wildman–Crippen MR) is 94.0 cm³/mol. The lowest BCUT2D eigenvalue weighted by Gasteiger charge is -2.33. The summed E-state index contributed by atoms with van der Waals surface area (Å²) in [6.45, 7) is 3.94. The molecule has 27 heavy (non-hydrogen) atoms. The minimum atomic E-state index is -0.455. The van der Waals surface area contributed by atoms with Gasteiger partial charge in [-0.1, -0.05) is 6.07 Å². The number of hydrogen-bond donors (Lipinski definition) is 3. The maximum absolute atomic E-state index is 11.9. The van der Waals surface area contributed by atoms with Crippen LogP contribution in [0, 0.1) is 0 Å². The van der Waals surface area contributed by atoms with Gasteiger partial charge in [-0.2, -0.15) is 0 Å². The molecule has 1 aliphatic rings. The number of rotatable bonds is 9. The number of nitrogens with zero attached hydrogens (tertiary/aromatic N) is 3. The molecule has 0 atom stereocenters. The van der Waals surface area contributed by atoms with E-state index >= 15 is 0 Å². The molecule has 1 aliphatic heterocycles. The molecule has 1 saturated heterocycles. The number of ether oxygens (including phenoxy) is 2. The molecular weight excluding hydrogens is 358 g/mol. The number of methoxy groups -OCH3 is 1. The van der Waals surface area contributed by atoms with Gasteiger partial charge in [-0.25, -0.2) is 9.63 Å². The molecule has 10 heteroatoms. The lowest BCUT2D eigenvalue weighted by molar-refractivity contribution is -0.492. The first-order valence-corrected chi connectivity index (χ1v) is 8.45. The molecule has 0 aromatic heterocycles. The topological polar surface area (TPSA) is 115 Å². The molecule has 0 radical (unpaired) electrons. The zero-order valence-corrected chi connectivity index (χ0v) is 15.2. The van der Waals surface area contributed by atoms with E-state index in [4.69, 9.17) is 19.9 Å². The van der Waals surface area contributed by atoms with Crippen LogP contribution in [0.25, 0.3) is 6.08 Å². The van der Waals surface area contributed by atoms with E-state index in [2.05, 4.69) is 9.74 Å². The largest absolute Gasteiger partial charge is 0.504 e. The van der Waals surface area contributed by atoms with Crippen molar-refractivity contribution in [3.8, 4) is 11.5 Å². The Bertz CT molecular complexity index is 631. The Labute approximate surface area is 157 Å². The summed E-state index contributed by atoms with van der Waals surface area (Å²) in [7, 11) is 1.46. The molecule has 0 aliphatic carbocycles. The minimum Gasteiger partial charge on any atom is -0.504 e. The van der Waals surface area contributed by atoms with Crippen molar-refractivity contribution in [1.82, 2.24) is 15.2 Å². The zero-order valence-electron chi connectivity index (χ0n) is 15.2. The average molecular weight is 383 g/mol. The third-order valence-corrected chi connectivity index (χ3v) is 4.08. The standard InChI is InChI=1S/C17H25N3O7/c1-25-16-12-14(2-4-15(16)21)3-5-17(22)26-13-19-8-6-18(7-9-19)10-11-27-20(23)24/h2-5,12,21,23-24H,6-11,13H2,1H3/b5-3+. The first-order valence-electron chi connectivity index (χ1n) is 8.45. The van der Waals surface area contributed by atoms with E-state index in [1.807, 2.05) is 4.90 Å². The Kier molecular flexibility index (Phi) is 8.45. The molecule has 3 N–H and O–H groups in total. The highest BCUT2D eigenvalue weighted by atomic mass is 17.1. The van der Waals surface area contributed by atoms with Crippen LogP contribution in [0.5, 0.6) is 11.5 Å². The maximum Gasteiger partial charge on any atom is 0.332 e. The van der Waals surface area contributed by atoms with Crippen molar-refractivity contribution in [3.05, 3.63) is 29.8 Å². The molecule has 0 unspecified atom stereocenters. The highest BCUT2D eigenvalue weighted by Gasteiger charge is 2.17. The fourth-order valence-corrected chi connectivity index (χ4v) is 2.56. The minimum absolute atomic E-state index is 0.0352. The summed E-state index contributed by atoms with van der Waals surface area (Å²) in [5.41, 5.74) is 0.710. The van der Waals surface area contributed by atoms with Crippen molar-refractivity contribution in [1.29, 1.82) is 0 Å². The van der Waals surface area contributed by atoms with Crippen LogP contribution in [0.15, 0.2) is 24.3 Å². The molecule has 1 heterocycles. The molecule has 1 aromatic carbocycles. The normalized spacial score (nSPS) is 16.1. The van der Waals surface area contributed by atoms with Crippen molar-refractivity contribution in [3.63, 3.8) is 0 Å². The van der Waals surface area contributed by atoms with Gasteiger partial charge in [-0.3, -0.25) is 20.2 Å². The monoisotopic (exact) mass is 383 g/mol. The van der Waals surface area contributed by atoms with Crippen molar-refractivity contribution in [2.75, 3.05) is 53.2 Å². The number of carbonyl (C=O) groups excluding carboxylic acids is 1. The fraction of sp³-hybridized carbons (Fsp3) is 0.471. The number of piperazine rings is 1. The number of phenolic OH excluding ortho intramolecular Hbond substituents is 1. The fourth-order valence-electron chi connectivity index (χ4n) is 2.56. The Morgan fingerprint density at radius 3 is 2.59 bits per heavy atom. The molecule has 150 valence electrons. The van der Waals surface area contributed by atoms with Gasteiger partial charge in [-0.15, -0.1) is 0 Å². The third-order valence-electron chi connectivity index (χ3n) is 4.08. The second-order valence-electron chi connectivity index (χ2n) is 5.90. The van der Waals surface area contributed by atoms with Crippen molar-refractivity contribution < 1.29 is 34.6 Å². The lowest BCUT2D eigenvalue weighted by Crippen LogP contribution is -2.48. The van der Waals surface area contributed by atoms with Gasteiger partial charge in [-0.05, 0) is 23.8 Å². The van der Waals surface area contributed by atoms with Crippen LogP contribution >= 0.6 is 0 Å². The van der Waals surface area contributed by atoms with Crippen LogP contribution in [0.4, 0.5) is 0 Å².